The Morgan fingerprint density at radius 1 is 1.00 bits per heavy atom. The highest BCUT2D eigenvalue weighted by Gasteiger charge is 2.24. The third-order valence-electron chi connectivity index (χ3n) is 5.87. The number of aryl methyl sites for hydroxylation is 1. The van der Waals surface area contributed by atoms with E-state index in [0.29, 0.717) is 22.9 Å². The number of aromatic amines is 1. The summed E-state index contributed by atoms with van der Waals surface area (Å²) in [6, 6.07) is 22.9. The van der Waals surface area contributed by atoms with Crippen LogP contribution in [0, 0.1) is 10.1 Å². The first-order valence-electron chi connectivity index (χ1n) is 11.2. The topological polar surface area (TPSA) is 114 Å². The Bertz CT molecular complexity index is 1350. The van der Waals surface area contributed by atoms with Crippen LogP contribution in [-0.4, -0.2) is 34.9 Å². The summed E-state index contributed by atoms with van der Waals surface area (Å²) in [6.07, 6.45) is 0.592. The van der Waals surface area contributed by atoms with E-state index < -0.39 is 16.9 Å². The molecule has 0 spiro atoms. The van der Waals surface area contributed by atoms with Crippen molar-refractivity contribution in [1.29, 1.82) is 0 Å². The maximum Gasteiger partial charge on any atom is 0.328 e. The molecule has 1 unspecified atom stereocenters. The third kappa shape index (κ3) is 5.38. The largest absolute Gasteiger partial charge is 0.467 e. The van der Waals surface area contributed by atoms with Crippen LogP contribution in [0.15, 0.2) is 78.9 Å². The van der Waals surface area contributed by atoms with Gasteiger partial charge in [0.1, 0.15) is 6.04 Å². The lowest BCUT2D eigenvalue weighted by molar-refractivity contribution is -0.383. The summed E-state index contributed by atoms with van der Waals surface area (Å²) in [5, 5.41) is 15.0. The molecule has 0 fully saturated rings. The smallest absolute Gasteiger partial charge is 0.328 e. The van der Waals surface area contributed by atoms with E-state index in [-0.39, 0.29) is 24.4 Å². The number of non-ortho nitro benzene ring substituents is 1. The van der Waals surface area contributed by atoms with Crippen molar-refractivity contribution in [2.24, 2.45) is 0 Å². The Morgan fingerprint density at radius 2 is 1.69 bits per heavy atom. The van der Waals surface area contributed by atoms with Gasteiger partial charge in [-0.05, 0) is 29.2 Å². The monoisotopic (exact) mass is 471 g/mol. The average molecular weight is 472 g/mol. The number of carbonyl (C=O) groups excluding carboxylic acids is 2. The number of fused-ring (bicyclic) bond motifs is 1. The number of ether oxygens (including phenoxy) is 1. The highest BCUT2D eigenvalue weighted by atomic mass is 16.6. The van der Waals surface area contributed by atoms with Gasteiger partial charge in [0.25, 0.3) is 5.69 Å². The van der Waals surface area contributed by atoms with Gasteiger partial charge >= 0.3 is 5.97 Å². The first-order valence-corrected chi connectivity index (χ1v) is 11.2. The van der Waals surface area contributed by atoms with Crippen LogP contribution in [0.1, 0.15) is 17.5 Å². The van der Waals surface area contributed by atoms with Crippen LogP contribution in [0.25, 0.3) is 22.2 Å². The predicted octanol–water partition coefficient (Wildman–Crippen LogP) is 4.58. The fraction of sp³-hybridized carbons (Fsp3) is 0.185. The first-order chi connectivity index (χ1) is 17.0. The summed E-state index contributed by atoms with van der Waals surface area (Å²) in [5.41, 5.74) is 3.78. The maximum absolute atomic E-state index is 12.9. The van der Waals surface area contributed by atoms with Crippen molar-refractivity contribution in [2.45, 2.75) is 25.3 Å². The fourth-order valence-corrected chi connectivity index (χ4v) is 4.24. The van der Waals surface area contributed by atoms with Crippen molar-refractivity contribution in [3.63, 3.8) is 0 Å². The minimum Gasteiger partial charge on any atom is -0.467 e. The normalized spacial score (nSPS) is 11.7. The summed E-state index contributed by atoms with van der Waals surface area (Å²) in [5.74, 6) is -0.877. The van der Waals surface area contributed by atoms with Crippen LogP contribution in [0.3, 0.4) is 0 Å². The lowest BCUT2D eigenvalue weighted by atomic mass is 9.99. The Morgan fingerprint density at radius 3 is 2.34 bits per heavy atom. The summed E-state index contributed by atoms with van der Waals surface area (Å²) >= 11 is 0. The summed E-state index contributed by atoms with van der Waals surface area (Å²) in [6.45, 7) is 0. The molecule has 0 bridgehead atoms. The molecule has 0 saturated carbocycles. The zero-order valence-electron chi connectivity index (χ0n) is 19.2. The molecule has 8 heteroatoms. The SMILES string of the molecule is COC(=O)C(Cc1ccccc1)NC(=O)CCc1c(-c2ccccc2)[nH]c2cccc([N+](=O)[O-])c12. The molecule has 0 radical (unpaired) electrons. The highest BCUT2D eigenvalue weighted by Crippen LogP contribution is 2.36. The number of rotatable bonds is 9. The Balaban J connectivity index is 1.60. The van der Waals surface area contributed by atoms with E-state index in [0.717, 1.165) is 16.8 Å². The molecule has 0 saturated heterocycles. The Kier molecular flexibility index (Phi) is 7.21. The number of hydrogen-bond donors (Lipinski definition) is 2. The second-order valence-corrected chi connectivity index (χ2v) is 8.13. The van der Waals surface area contributed by atoms with Crippen molar-refractivity contribution in [3.05, 3.63) is 100 Å². The number of H-pyrrole nitrogens is 1. The van der Waals surface area contributed by atoms with Gasteiger partial charge in [0, 0.05) is 24.6 Å². The average Bonchev–Trinajstić information content (AvgIpc) is 3.26. The number of amides is 1. The van der Waals surface area contributed by atoms with Gasteiger partial charge in [-0.25, -0.2) is 4.79 Å². The van der Waals surface area contributed by atoms with Crippen LogP contribution in [0.5, 0.6) is 0 Å². The number of nitrogens with zero attached hydrogens (tertiary/aromatic N) is 1. The molecule has 8 nitrogen and oxygen atoms in total. The van der Waals surface area contributed by atoms with Gasteiger partial charge in [-0.2, -0.15) is 0 Å². The quantitative estimate of drug-likeness (QED) is 0.211. The molecule has 4 rings (SSSR count). The number of esters is 1. The molecule has 178 valence electrons. The maximum atomic E-state index is 12.9. The van der Waals surface area contributed by atoms with Gasteiger partial charge in [-0.3, -0.25) is 14.9 Å². The van der Waals surface area contributed by atoms with Crippen LogP contribution < -0.4 is 5.32 Å². The number of benzene rings is 3. The van der Waals surface area contributed by atoms with Gasteiger partial charge in [-0.15, -0.1) is 0 Å². The van der Waals surface area contributed by atoms with Crippen LogP contribution in [0.2, 0.25) is 0 Å². The predicted molar refractivity (Wildman–Crippen MR) is 133 cm³/mol. The minimum atomic E-state index is -0.833. The molecule has 1 aromatic heterocycles. The molecule has 1 heterocycles. The highest BCUT2D eigenvalue weighted by molar-refractivity contribution is 5.97. The molecule has 3 aromatic carbocycles. The molecule has 1 amide bonds. The Hall–Kier alpha value is -4.46. The standard InChI is InChI=1S/C27H25N3O5/c1-35-27(32)22(17-18-9-4-2-5-10-18)28-24(31)16-15-20-25-21(13-8-14-23(25)30(33)34)29-26(20)19-11-6-3-7-12-19/h2-14,22,29H,15-17H2,1H3,(H,28,31). The molecular formula is C27H25N3O5. The van der Waals surface area contributed by atoms with Crippen LogP contribution in [0.4, 0.5) is 5.69 Å². The molecule has 0 aliphatic carbocycles. The van der Waals surface area contributed by atoms with Gasteiger partial charge < -0.3 is 15.0 Å². The van der Waals surface area contributed by atoms with E-state index in [2.05, 4.69) is 10.3 Å². The van der Waals surface area contributed by atoms with E-state index in [1.165, 1.54) is 13.2 Å². The number of nitrogens with one attached hydrogen (secondary N) is 2. The van der Waals surface area contributed by atoms with Crippen molar-refractivity contribution < 1.29 is 19.2 Å². The lowest BCUT2D eigenvalue weighted by Crippen LogP contribution is -2.43. The second kappa shape index (κ2) is 10.6. The van der Waals surface area contributed by atoms with Gasteiger partial charge in [0.15, 0.2) is 0 Å². The van der Waals surface area contributed by atoms with Crippen molar-refractivity contribution in [3.8, 4) is 11.3 Å². The molecule has 1 atom stereocenters. The zero-order chi connectivity index (χ0) is 24.8. The van der Waals surface area contributed by atoms with Gasteiger partial charge in [-0.1, -0.05) is 66.7 Å². The van der Waals surface area contributed by atoms with Crippen molar-refractivity contribution in [1.82, 2.24) is 10.3 Å². The van der Waals surface area contributed by atoms with Gasteiger partial charge in [0.2, 0.25) is 5.91 Å². The molecule has 35 heavy (non-hydrogen) atoms. The van der Waals surface area contributed by atoms with E-state index >= 15 is 0 Å². The van der Waals surface area contributed by atoms with Crippen LogP contribution >= 0.6 is 0 Å². The van der Waals surface area contributed by atoms with Crippen LogP contribution in [-0.2, 0) is 27.2 Å². The van der Waals surface area contributed by atoms with E-state index in [9.17, 15) is 19.7 Å². The number of aromatic nitrogens is 1. The van der Waals surface area contributed by atoms with Crippen molar-refractivity contribution in [2.75, 3.05) is 7.11 Å². The number of nitro benzene ring substituents is 1. The Labute approximate surface area is 202 Å². The zero-order valence-corrected chi connectivity index (χ0v) is 19.2. The lowest BCUT2D eigenvalue weighted by Gasteiger charge is -2.17. The second-order valence-electron chi connectivity index (χ2n) is 8.13. The number of carbonyl (C=O) groups is 2. The van der Waals surface area contributed by atoms with E-state index in [4.69, 9.17) is 4.74 Å². The third-order valence-corrected chi connectivity index (χ3v) is 5.87. The number of methoxy groups -OCH3 is 1. The van der Waals surface area contributed by atoms with E-state index in [1.54, 1.807) is 12.1 Å². The molecular weight excluding hydrogens is 446 g/mol. The molecule has 4 aromatic rings. The molecule has 2 N–H and O–H groups in total. The van der Waals surface area contributed by atoms with Crippen molar-refractivity contribution >= 4 is 28.5 Å². The minimum absolute atomic E-state index is 0.0205. The molecule has 0 aliphatic rings. The fourth-order valence-electron chi connectivity index (χ4n) is 4.24. The summed E-state index contributed by atoms with van der Waals surface area (Å²) < 4.78 is 4.88. The van der Waals surface area contributed by atoms with E-state index in [1.807, 2.05) is 60.7 Å². The first kappa shape index (κ1) is 23.7. The summed E-state index contributed by atoms with van der Waals surface area (Å²) in [4.78, 5) is 39.8. The molecule has 0 aliphatic heterocycles. The number of hydrogen-bond acceptors (Lipinski definition) is 5. The number of nitro groups is 1. The summed E-state index contributed by atoms with van der Waals surface area (Å²) in [7, 11) is 1.28. The van der Waals surface area contributed by atoms with Gasteiger partial charge in [0.05, 0.1) is 22.9 Å².